The minimum absolute atomic E-state index is 0.111. The van der Waals surface area contributed by atoms with Crippen LogP contribution in [0.3, 0.4) is 0 Å². The number of hydrogen-bond donors (Lipinski definition) is 3. The molecule has 0 radical (unpaired) electrons. The summed E-state index contributed by atoms with van der Waals surface area (Å²) in [5.41, 5.74) is -1.50. The van der Waals surface area contributed by atoms with Gasteiger partial charge < -0.3 is 10.2 Å². The summed E-state index contributed by atoms with van der Waals surface area (Å²) in [6, 6.07) is 6.64. The minimum atomic E-state index is -1.83. The fraction of sp³-hybridized carbons (Fsp3) is 0.300. The highest BCUT2D eigenvalue weighted by Gasteiger charge is 2.37. The van der Waals surface area contributed by atoms with Crippen LogP contribution < -0.4 is 0 Å². The van der Waals surface area contributed by atoms with E-state index in [0.717, 1.165) is 0 Å². The van der Waals surface area contributed by atoms with Crippen molar-refractivity contribution in [2.24, 2.45) is 0 Å². The van der Waals surface area contributed by atoms with Crippen LogP contribution in [0.2, 0.25) is 0 Å². The zero-order chi connectivity index (χ0) is 10.8. The van der Waals surface area contributed by atoms with Crippen LogP contribution >= 0.6 is 12.6 Å². The lowest BCUT2D eigenvalue weighted by atomic mass is 9.91. The number of benzene rings is 1. The molecule has 0 aliphatic rings. The van der Waals surface area contributed by atoms with Gasteiger partial charge in [-0.3, -0.25) is 0 Å². The van der Waals surface area contributed by atoms with Crippen LogP contribution in [0, 0.1) is 0 Å². The molecule has 14 heavy (non-hydrogen) atoms. The Morgan fingerprint density at radius 3 is 2.50 bits per heavy atom. The van der Waals surface area contributed by atoms with Gasteiger partial charge in [0.1, 0.15) is 0 Å². The van der Waals surface area contributed by atoms with Crippen LogP contribution in [-0.2, 0) is 10.4 Å². The molecule has 4 heteroatoms. The summed E-state index contributed by atoms with van der Waals surface area (Å²) < 4.78 is 0. The molecule has 76 valence electrons. The lowest BCUT2D eigenvalue weighted by molar-refractivity contribution is -0.160. The summed E-state index contributed by atoms with van der Waals surface area (Å²) in [4.78, 5) is 11.4. The van der Waals surface area contributed by atoms with Gasteiger partial charge in [-0.2, -0.15) is 0 Å². The normalized spacial score (nSPS) is 14.8. The van der Waals surface area contributed by atoms with Crippen LogP contribution in [-0.4, -0.2) is 16.2 Å². The van der Waals surface area contributed by atoms with Crippen molar-refractivity contribution in [3.63, 3.8) is 0 Å². The van der Waals surface area contributed by atoms with Crippen molar-refractivity contribution in [1.29, 1.82) is 0 Å². The van der Waals surface area contributed by atoms with E-state index in [9.17, 15) is 9.90 Å². The second kappa shape index (κ2) is 4.02. The van der Waals surface area contributed by atoms with E-state index in [2.05, 4.69) is 12.6 Å². The van der Waals surface area contributed by atoms with E-state index in [-0.39, 0.29) is 6.42 Å². The summed E-state index contributed by atoms with van der Waals surface area (Å²) in [5.74, 6) is -1.25. The molecule has 0 aliphatic heterocycles. The van der Waals surface area contributed by atoms with Crippen molar-refractivity contribution >= 4 is 18.6 Å². The summed E-state index contributed by atoms with van der Waals surface area (Å²) in [6.45, 7) is 1.62. The Kier molecular flexibility index (Phi) is 3.18. The molecule has 0 fully saturated rings. The van der Waals surface area contributed by atoms with Crippen molar-refractivity contribution in [1.82, 2.24) is 0 Å². The largest absolute Gasteiger partial charge is 0.479 e. The Bertz CT molecular complexity index is 351. The van der Waals surface area contributed by atoms with Gasteiger partial charge in [0, 0.05) is 10.5 Å². The Morgan fingerprint density at radius 1 is 1.50 bits per heavy atom. The van der Waals surface area contributed by atoms with Gasteiger partial charge in [0.05, 0.1) is 0 Å². The number of thiol groups is 1. The maximum absolute atomic E-state index is 10.9. The lowest BCUT2D eigenvalue weighted by Gasteiger charge is -2.23. The van der Waals surface area contributed by atoms with E-state index in [0.29, 0.717) is 10.5 Å². The summed E-state index contributed by atoms with van der Waals surface area (Å²) in [7, 11) is 0. The van der Waals surface area contributed by atoms with Crippen molar-refractivity contribution in [3.05, 3.63) is 29.8 Å². The van der Waals surface area contributed by atoms with Crippen LogP contribution in [0.1, 0.15) is 18.9 Å². The molecular formula is C10H12O3S. The smallest absolute Gasteiger partial charge is 0.340 e. The Balaban J connectivity index is 3.26. The maximum Gasteiger partial charge on any atom is 0.340 e. The van der Waals surface area contributed by atoms with E-state index in [1.807, 2.05) is 0 Å². The fourth-order valence-corrected chi connectivity index (χ4v) is 1.63. The molecule has 1 unspecified atom stereocenters. The van der Waals surface area contributed by atoms with Gasteiger partial charge in [0.2, 0.25) is 0 Å². The van der Waals surface area contributed by atoms with Gasteiger partial charge in [-0.25, -0.2) is 4.79 Å². The summed E-state index contributed by atoms with van der Waals surface area (Å²) in [6.07, 6.45) is 0.111. The number of carbonyl (C=O) groups is 1. The van der Waals surface area contributed by atoms with Crippen molar-refractivity contribution in [2.75, 3.05) is 0 Å². The standard InChI is InChI=1S/C10H12O3S/c1-2-10(13,9(11)12)7-5-3-4-6-8(7)14/h3-6,13-14H,2H2,1H3,(H,11,12). The topological polar surface area (TPSA) is 57.5 Å². The molecule has 0 saturated carbocycles. The first-order chi connectivity index (χ1) is 6.52. The van der Waals surface area contributed by atoms with Crippen LogP contribution in [0.15, 0.2) is 29.2 Å². The second-order valence-corrected chi connectivity index (χ2v) is 3.52. The molecule has 0 heterocycles. The molecule has 0 aromatic heterocycles. The lowest BCUT2D eigenvalue weighted by Crippen LogP contribution is -2.35. The highest BCUT2D eigenvalue weighted by molar-refractivity contribution is 7.80. The number of aliphatic carboxylic acids is 1. The minimum Gasteiger partial charge on any atom is -0.479 e. The molecule has 1 aromatic carbocycles. The summed E-state index contributed by atoms with van der Waals surface area (Å²) in [5, 5.41) is 18.8. The zero-order valence-corrected chi connectivity index (χ0v) is 8.66. The number of rotatable bonds is 3. The van der Waals surface area contributed by atoms with Crippen molar-refractivity contribution in [2.45, 2.75) is 23.8 Å². The molecule has 3 nitrogen and oxygen atoms in total. The maximum atomic E-state index is 10.9. The molecule has 0 bridgehead atoms. The third-order valence-electron chi connectivity index (χ3n) is 2.22. The van der Waals surface area contributed by atoms with E-state index >= 15 is 0 Å². The van der Waals surface area contributed by atoms with Crippen LogP contribution in [0.25, 0.3) is 0 Å². The number of aliphatic hydroxyl groups is 1. The monoisotopic (exact) mass is 212 g/mol. The number of hydrogen-bond acceptors (Lipinski definition) is 3. The predicted molar refractivity (Wildman–Crippen MR) is 55.5 cm³/mol. The molecule has 0 amide bonds. The zero-order valence-electron chi connectivity index (χ0n) is 7.77. The van der Waals surface area contributed by atoms with Crippen molar-refractivity contribution < 1.29 is 15.0 Å². The molecule has 0 saturated heterocycles. The molecule has 0 spiro atoms. The highest BCUT2D eigenvalue weighted by atomic mass is 32.1. The average Bonchev–Trinajstić information content (AvgIpc) is 2.17. The fourth-order valence-electron chi connectivity index (χ4n) is 1.28. The van der Waals surface area contributed by atoms with Gasteiger partial charge in [-0.05, 0) is 12.5 Å². The first-order valence-electron chi connectivity index (χ1n) is 4.26. The summed E-state index contributed by atoms with van der Waals surface area (Å²) >= 11 is 4.12. The van der Waals surface area contributed by atoms with Gasteiger partial charge >= 0.3 is 5.97 Å². The molecular weight excluding hydrogens is 200 g/mol. The quantitative estimate of drug-likeness (QED) is 0.668. The first kappa shape index (κ1) is 11.1. The van der Waals surface area contributed by atoms with E-state index < -0.39 is 11.6 Å². The van der Waals surface area contributed by atoms with Crippen LogP contribution in [0.5, 0.6) is 0 Å². The van der Waals surface area contributed by atoms with E-state index in [1.54, 1.807) is 31.2 Å². The molecule has 2 N–H and O–H groups in total. The van der Waals surface area contributed by atoms with Gasteiger partial charge in [-0.1, -0.05) is 25.1 Å². The van der Waals surface area contributed by atoms with Gasteiger partial charge in [0.15, 0.2) is 5.60 Å². The van der Waals surface area contributed by atoms with Crippen LogP contribution in [0.4, 0.5) is 0 Å². The number of carboxylic acid groups (broad SMARTS) is 1. The molecule has 0 aliphatic carbocycles. The SMILES string of the molecule is CCC(O)(C(=O)O)c1ccccc1S. The van der Waals surface area contributed by atoms with E-state index in [1.165, 1.54) is 0 Å². The van der Waals surface area contributed by atoms with Crippen molar-refractivity contribution in [3.8, 4) is 0 Å². The predicted octanol–water partition coefficient (Wildman–Crippen LogP) is 1.66. The van der Waals surface area contributed by atoms with E-state index in [4.69, 9.17) is 5.11 Å². The molecule has 1 atom stereocenters. The second-order valence-electron chi connectivity index (χ2n) is 3.04. The Hall–Kier alpha value is -1.00. The number of carboxylic acids is 1. The van der Waals surface area contributed by atoms with Gasteiger partial charge in [0.25, 0.3) is 0 Å². The van der Waals surface area contributed by atoms with Gasteiger partial charge in [-0.15, -0.1) is 12.6 Å². The Labute approximate surface area is 87.8 Å². The average molecular weight is 212 g/mol. The Morgan fingerprint density at radius 2 is 2.07 bits per heavy atom. The highest BCUT2D eigenvalue weighted by Crippen LogP contribution is 2.29. The third kappa shape index (κ3) is 1.76. The molecule has 1 rings (SSSR count). The molecule has 1 aromatic rings. The third-order valence-corrected chi connectivity index (χ3v) is 2.61. The first-order valence-corrected chi connectivity index (χ1v) is 4.71.